The maximum absolute atomic E-state index is 12.1. The van der Waals surface area contributed by atoms with Crippen LogP contribution in [0.25, 0.3) is 0 Å². The summed E-state index contributed by atoms with van der Waals surface area (Å²) in [5.74, 6) is 2.07. The molecule has 0 aliphatic rings. The van der Waals surface area contributed by atoms with Crippen LogP contribution in [0.15, 0.2) is 42.5 Å². The molecule has 0 saturated heterocycles. The highest BCUT2D eigenvalue weighted by molar-refractivity contribution is 5.80. The molecule has 134 valence electrons. The molecule has 25 heavy (non-hydrogen) atoms. The lowest BCUT2D eigenvalue weighted by Crippen LogP contribution is -2.38. The lowest BCUT2D eigenvalue weighted by molar-refractivity contribution is -0.127. The van der Waals surface area contributed by atoms with Gasteiger partial charge in [-0.25, -0.2) is 0 Å². The van der Waals surface area contributed by atoms with Crippen molar-refractivity contribution in [3.05, 3.63) is 53.6 Å². The number of aryl methyl sites for hydroxylation is 1. The van der Waals surface area contributed by atoms with E-state index < -0.39 is 6.10 Å². The Labute approximate surface area is 148 Å². The summed E-state index contributed by atoms with van der Waals surface area (Å²) in [4.78, 5) is 12.1. The molecule has 0 aliphatic carbocycles. The normalized spacial score (nSPS) is 11.5. The van der Waals surface area contributed by atoms with Crippen LogP contribution in [0.4, 0.5) is 0 Å². The Balaban J connectivity index is 1.74. The van der Waals surface area contributed by atoms with Crippen LogP contribution in [-0.4, -0.2) is 32.3 Å². The van der Waals surface area contributed by atoms with Crippen LogP contribution in [0.3, 0.4) is 0 Å². The molecular weight excluding hydrogens is 318 g/mol. The molecule has 2 aromatic carbocycles. The Morgan fingerprint density at radius 2 is 1.76 bits per heavy atom. The van der Waals surface area contributed by atoms with Gasteiger partial charge < -0.3 is 19.5 Å². The Bertz CT molecular complexity index is 697. The van der Waals surface area contributed by atoms with Crippen molar-refractivity contribution in [2.45, 2.75) is 26.9 Å². The van der Waals surface area contributed by atoms with Crippen LogP contribution in [0.5, 0.6) is 17.2 Å². The molecule has 0 radical (unpaired) electrons. The van der Waals surface area contributed by atoms with Crippen LogP contribution in [-0.2, 0) is 4.79 Å². The van der Waals surface area contributed by atoms with Crippen molar-refractivity contribution < 1.29 is 19.0 Å². The third-order valence-corrected chi connectivity index (χ3v) is 3.96. The molecule has 2 rings (SSSR count). The maximum atomic E-state index is 12.1. The summed E-state index contributed by atoms with van der Waals surface area (Å²) in [5, 5.41) is 2.82. The second-order valence-corrected chi connectivity index (χ2v) is 5.77. The quantitative estimate of drug-likeness (QED) is 0.748. The summed E-state index contributed by atoms with van der Waals surface area (Å²) in [6.45, 7) is 6.53. The van der Waals surface area contributed by atoms with Crippen molar-refractivity contribution in [1.29, 1.82) is 0 Å². The van der Waals surface area contributed by atoms with Crippen molar-refractivity contribution >= 4 is 5.91 Å². The molecule has 5 heteroatoms. The van der Waals surface area contributed by atoms with E-state index in [-0.39, 0.29) is 5.91 Å². The van der Waals surface area contributed by atoms with Gasteiger partial charge in [-0.15, -0.1) is 0 Å². The molecule has 5 nitrogen and oxygen atoms in total. The number of methoxy groups -OCH3 is 1. The number of nitrogens with one attached hydrogen (secondary N) is 1. The van der Waals surface area contributed by atoms with E-state index >= 15 is 0 Å². The van der Waals surface area contributed by atoms with Crippen molar-refractivity contribution in [2.24, 2.45) is 0 Å². The first-order chi connectivity index (χ1) is 12.0. The molecule has 0 heterocycles. The number of amides is 1. The minimum atomic E-state index is -0.568. The zero-order valence-electron chi connectivity index (χ0n) is 15.2. The zero-order chi connectivity index (χ0) is 18.2. The first kappa shape index (κ1) is 18.6. The highest BCUT2D eigenvalue weighted by Gasteiger charge is 2.15. The lowest BCUT2D eigenvalue weighted by atomic mass is 10.1. The Kier molecular flexibility index (Phi) is 6.69. The van der Waals surface area contributed by atoms with Gasteiger partial charge in [-0.3, -0.25) is 4.79 Å². The van der Waals surface area contributed by atoms with Gasteiger partial charge in [0, 0.05) is 0 Å². The Morgan fingerprint density at radius 3 is 2.44 bits per heavy atom. The summed E-state index contributed by atoms with van der Waals surface area (Å²) in [5.41, 5.74) is 2.18. The number of hydrogen-bond acceptors (Lipinski definition) is 4. The predicted molar refractivity (Wildman–Crippen MR) is 97.5 cm³/mol. The molecule has 0 unspecified atom stereocenters. The van der Waals surface area contributed by atoms with E-state index in [0.29, 0.717) is 13.2 Å². The summed E-state index contributed by atoms with van der Waals surface area (Å²) in [6, 6.07) is 13.1. The molecule has 1 amide bonds. The molecule has 0 bridgehead atoms. The maximum Gasteiger partial charge on any atom is 0.260 e. The molecule has 0 fully saturated rings. The second-order valence-electron chi connectivity index (χ2n) is 5.77. The largest absolute Gasteiger partial charge is 0.497 e. The van der Waals surface area contributed by atoms with Crippen molar-refractivity contribution in [1.82, 2.24) is 5.32 Å². The van der Waals surface area contributed by atoms with Crippen LogP contribution < -0.4 is 19.5 Å². The average molecular weight is 343 g/mol. The first-order valence-corrected chi connectivity index (χ1v) is 8.28. The summed E-state index contributed by atoms with van der Waals surface area (Å²) in [6.07, 6.45) is -0.568. The minimum Gasteiger partial charge on any atom is -0.497 e. The van der Waals surface area contributed by atoms with Gasteiger partial charge in [-0.05, 0) is 62.2 Å². The standard InChI is InChI=1S/C20H25NO4/c1-14-6-5-7-19(15(14)2)25-16(3)20(22)21-12-13-24-18-10-8-17(23-4)9-11-18/h5-11,16H,12-13H2,1-4H3,(H,21,22)/t16-/m1/s1. The molecule has 2 aromatic rings. The number of hydrogen-bond donors (Lipinski definition) is 1. The molecule has 0 saturated carbocycles. The van der Waals surface area contributed by atoms with E-state index in [2.05, 4.69) is 5.32 Å². The van der Waals surface area contributed by atoms with Gasteiger partial charge in [0.1, 0.15) is 23.9 Å². The van der Waals surface area contributed by atoms with Gasteiger partial charge in [0.05, 0.1) is 13.7 Å². The first-order valence-electron chi connectivity index (χ1n) is 8.28. The summed E-state index contributed by atoms with van der Waals surface area (Å²) < 4.78 is 16.4. The SMILES string of the molecule is COc1ccc(OCCNC(=O)[C@@H](C)Oc2cccc(C)c2C)cc1. The number of rotatable bonds is 8. The fourth-order valence-corrected chi connectivity index (χ4v) is 2.25. The molecular formula is C20H25NO4. The van der Waals surface area contributed by atoms with Crippen LogP contribution >= 0.6 is 0 Å². The van der Waals surface area contributed by atoms with Gasteiger partial charge in [0.25, 0.3) is 5.91 Å². The number of benzene rings is 2. The van der Waals surface area contributed by atoms with E-state index in [0.717, 1.165) is 28.4 Å². The second kappa shape index (κ2) is 8.97. The van der Waals surface area contributed by atoms with Crippen LogP contribution in [0.2, 0.25) is 0 Å². The van der Waals surface area contributed by atoms with E-state index in [1.807, 2.05) is 56.3 Å². The van der Waals surface area contributed by atoms with Gasteiger partial charge in [0.15, 0.2) is 6.10 Å². The van der Waals surface area contributed by atoms with E-state index in [4.69, 9.17) is 14.2 Å². The van der Waals surface area contributed by atoms with Gasteiger partial charge >= 0.3 is 0 Å². The van der Waals surface area contributed by atoms with Gasteiger partial charge in [-0.1, -0.05) is 12.1 Å². The number of carbonyl (C=O) groups is 1. The molecule has 0 aliphatic heterocycles. The highest BCUT2D eigenvalue weighted by Crippen LogP contribution is 2.21. The van der Waals surface area contributed by atoms with Crippen molar-refractivity contribution in [3.8, 4) is 17.2 Å². The van der Waals surface area contributed by atoms with Gasteiger partial charge in [0.2, 0.25) is 0 Å². The average Bonchev–Trinajstić information content (AvgIpc) is 2.62. The summed E-state index contributed by atoms with van der Waals surface area (Å²) >= 11 is 0. The van der Waals surface area contributed by atoms with Crippen LogP contribution in [0, 0.1) is 13.8 Å². The van der Waals surface area contributed by atoms with E-state index in [1.165, 1.54) is 0 Å². The molecule has 1 atom stereocenters. The highest BCUT2D eigenvalue weighted by atomic mass is 16.5. The van der Waals surface area contributed by atoms with Crippen molar-refractivity contribution in [2.75, 3.05) is 20.3 Å². The van der Waals surface area contributed by atoms with Gasteiger partial charge in [-0.2, -0.15) is 0 Å². The topological polar surface area (TPSA) is 56.8 Å². The molecule has 1 N–H and O–H groups in total. The zero-order valence-corrected chi connectivity index (χ0v) is 15.2. The number of ether oxygens (including phenoxy) is 3. The predicted octanol–water partition coefficient (Wildman–Crippen LogP) is 3.27. The monoisotopic (exact) mass is 343 g/mol. The third kappa shape index (κ3) is 5.41. The smallest absolute Gasteiger partial charge is 0.260 e. The molecule has 0 spiro atoms. The fraction of sp³-hybridized carbons (Fsp3) is 0.350. The van der Waals surface area contributed by atoms with Crippen molar-refractivity contribution in [3.63, 3.8) is 0 Å². The van der Waals surface area contributed by atoms with Crippen LogP contribution in [0.1, 0.15) is 18.1 Å². The van der Waals surface area contributed by atoms with E-state index in [9.17, 15) is 4.79 Å². The Hall–Kier alpha value is -2.69. The summed E-state index contributed by atoms with van der Waals surface area (Å²) in [7, 11) is 1.62. The third-order valence-electron chi connectivity index (χ3n) is 3.96. The Morgan fingerprint density at radius 1 is 1.08 bits per heavy atom. The fourth-order valence-electron chi connectivity index (χ4n) is 2.25. The lowest BCUT2D eigenvalue weighted by Gasteiger charge is -2.17. The van der Waals surface area contributed by atoms with E-state index in [1.54, 1.807) is 14.0 Å². The molecule has 0 aromatic heterocycles. The number of carbonyl (C=O) groups excluding carboxylic acids is 1. The minimum absolute atomic E-state index is 0.167.